The number of para-hydroxylation sites is 3. The lowest BCUT2D eigenvalue weighted by atomic mass is 9.88. The van der Waals surface area contributed by atoms with Crippen LogP contribution in [0.1, 0.15) is 85.3 Å². The Morgan fingerprint density at radius 3 is 1.39 bits per heavy atom. The zero-order valence-corrected chi connectivity index (χ0v) is 55.2. The predicted octanol–water partition coefficient (Wildman–Crippen LogP) is 17.0. The van der Waals surface area contributed by atoms with Crippen LogP contribution < -0.4 is 50.8 Å². The van der Waals surface area contributed by atoms with Gasteiger partial charge in [0, 0.05) is 23.0 Å². The van der Waals surface area contributed by atoms with E-state index in [1.54, 1.807) is 66.9 Å². The van der Waals surface area contributed by atoms with E-state index in [0.717, 1.165) is 28.3 Å². The second kappa shape index (κ2) is 26.2. The van der Waals surface area contributed by atoms with Gasteiger partial charge in [-0.15, -0.1) is 0 Å². The molecule has 482 valence electrons. The molecule has 0 saturated carbocycles. The Morgan fingerprint density at radius 2 is 0.861 bits per heavy atom. The summed E-state index contributed by atoms with van der Waals surface area (Å²) in [7, 11) is -13.5. The fraction of sp³-hybridized carbons (Fsp3) is 0.0426. The van der Waals surface area contributed by atoms with Crippen molar-refractivity contribution in [2.24, 2.45) is 0 Å². The van der Waals surface area contributed by atoms with Crippen molar-refractivity contribution in [1.82, 2.24) is 14.1 Å². The van der Waals surface area contributed by atoms with Gasteiger partial charge in [0.15, 0.2) is 16.1 Å². The number of nitrogens with zero attached hydrogens (tertiary/aromatic N) is 4. The minimum absolute atomic E-state index is 0.0579. The lowest BCUT2D eigenvalue weighted by Crippen LogP contribution is -2.74. The first-order valence-corrected chi connectivity index (χ1v) is 35.2. The first-order valence-electron chi connectivity index (χ1n) is 52.7. The van der Waals surface area contributed by atoms with E-state index in [0.29, 0.717) is 33.2 Å². The second-order valence-corrected chi connectivity index (χ2v) is 31.0. The molecule has 0 unspecified atom stereocenters. The van der Waals surface area contributed by atoms with Crippen LogP contribution >= 0.6 is 0 Å². The van der Waals surface area contributed by atoms with Crippen LogP contribution in [0.2, 0.25) is 0 Å². The van der Waals surface area contributed by atoms with Gasteiger partial charge in [-0.25, -0.2) is 4.98 Å². The van der Waals surface area contributed by atoms with Crippen LogP contribution in [0, 0.1) is 6.33 Å². The lowest BCUT2D eigenvalue weighted by molar-refractivity contribution is -0.571. The SMILES string of the molecule is [2H]c1c([2H])c([2H])c(-c2ccc3c(c2)c2ccc(Oc4cccc(-n5[c-][n+](-c6c(-c7c([2H])c([2H])c([2H])c([Si](c8c([2H])c([2H])c([2H])c([2H])c8[2H])(c8c([2H])c([2H])c([2H])c([2H])c8[2H])c8c([2H])c([2H])c([2H])c([2H])c8[2H])c7[2H])cccc6-c6c([2H])c([2H])c([2H])c([Si](c7c([2H])c([2H])c([2H])c([2H])c7[2H])(c7c([2H])c([2H])c([2H])c([2H])c7[2H])c7c([2H])c([2H])c([2H])c([2H])c7[2H])c6[2H])c6ccccc65)c4)cc2n3-c2cc(C(C)(C)C)ccn2)c([2H])c1[2H]. The van der Waals surface area contributed by atoms with Crippen molar-refractivity contribution in [3.63, 3.8) is 0 Å². The molecule has 5 nitrogen and oxygen atoms in total. The van der Waals surface area contributed by atoms with Crippen LogP contribution in [-0.4, -0.2) is 30.3 Å². The number of fused-ring (bicyclic) bond motifs is 4. The molecule has 101 heavy (non-hydrogen) atoms. The highest BCUT2D eigenvalue weighted by molar-refractivity contribution is 7.20. The van der Waals surface area contributed by atoms with Crippen LogP contribution in [0.5, 0.6) is 11.5 Å². The van der Waals surface area contributed by atoms with Gasteiger partial charge in [-0.1, -0.05) is 335 Å². The van der Waals surface area contributed by atoms with Crippen molar-refractivity contribution in [2.75, 3.05) is 0 Å². The Hall–Kier alpha value is -12.3. The van der Waals surface area contributed by atoms with Crippen LogP contribution in [0.25, 0.3) is 83.4 Å². The van der Waals surface area contributed by atoms with Gasteiger partial charge in [-0.05, 0) is 140 Å². The number of rotatable bonds is 16. The first kappa shape index (κ1) is 31.3. The topological polar surface area (TPSA) is 35.9 Å². The summed E-state index contributed by atoms with van der Waals surface area (Å²) in [5, 5.41) is -8.89. The molecule has 0 bridgehead atoms. The highest BCUT2D eigenvalue weighted by Gasteiger charge is 2.43. The van der Waals surface area contributed by atoms with E-state index in [9.17, 15) is 43.9 Å². The third-order valence-electron chi connectivity index (χ3n) is 17.3. The molecule has 0 aliphatic rings. The summed E-state index contributed by atoms with van der Waals surface area (Å²) in [6.45, 7) is 6.05. The summed E-state index contributed by atoms with van der Waals surface area (Å²) in [5.74, 6) is 0.699. The van der Waals surface area contributed by atoms with Crippen molar-refractivity contribution in [2.45, 2.75) is 26.2 Å². The van der Waals surface area contributed by atoms with E-state index in [1.807, 2.05) is 37.5 Å². The van der Waals surface area contributed by atoms with Gasteiger partial charge >= 0.3 is 0 Å². The van der Waals surface area contributed by atoms with Crippen molar-refractivity contribution in [3.8, 4) is 62.1 Å². The molecule has 3 aromatic heterocycles. The first-order chi connectivity index (χ1) is 67.6. The van der Waals surface area contributed by atoms with E-state index in [1.165, 1.54) is 28.8 Å². The average molecular weight is 1370 g/mol. The molecule has 0 N–H and O–H groups in total. The summed E-state index contributed by atoms with van der Waals surface area (Å²) in [4.78, 5) is 4.84. The summed E-state index contributed by atoms with van der Waals surface area (Å²) >= 11 is 0. The van der Waals surface area contributed by atoms with Crippen molar-refractivity contribution in [1.29, 1.82) is 0 Å². The molecule has 14 aromatic carbocycles. The maximum Gasteiger partial charge on any atom is 0.269 e. The Kier molecular flexibility index (Phi) is 8.12. The molecule has 0 atom stereocenters. The fourth-order valence-electron chi connectivity index (χ4n) is 12.8. The van der Waals surface area contributed by atoms with E-state index >= 15 is 0 Å². The monoisotopic (exact) mass is 1370 g/mol. The Balaban J connectivity index is 1.03. The van der Waals surface area contributed by atoms with Gasteiger partial charge in [0.2, 0.25) is 0 Å². The van der Waals surface area contributed by atoms with E-state index < -0.39 is 351 Å². The molecule has 3 heterocycles. The van der Waals surface area contributed by atoms with Crippen molar-refractivity contribution >= 4 is 90.5 Å². The summed E-state index contributed by atoms with van der Waals surface area (Å²) < 4.78 is 425. The zero-order chi connectivity index (χ0) is 105. The fourth-order valence-corrected chi connectivity index (χ4v) is 19.9. The average Bonchev–Trinajstić information content (AvgIpc) is 0.901. The number of hydrogen-bond acceptors (Lipinski definition) is 2. The number of aromatic nitrogens is 4. The predicted molar refractivity (Wildman–Crippen MR) is 425 cm³/mol. The highest BCUT2D eigenvalue weighted by atomic mass is 28.3. The largest absolute Gasteiger partial charge is 0.458 e. The quantitative estimate of drug-likeness (QED) is 0.0418. The molecule has 7 heteroatoms. The lowest BCUT2D eigenvalue weighted by Gasteiger charge is -2.35. The molecular weight excluding hydrogens is 1260 g/mol. The van der Waals surface area contributed by atoms with Crippen LogP contribution in [0.15, 0.2) is 381 Å². The zero-order valence-electron chi connectivity index (χ0n) is 96.2. The van der Waals surface area contributed by atoms with Gasteiger partial charge in [0.1, 0.15) is 17.3 Å². The summed E-state index contributed by atoms with van der Waals surface area (Å²) in [6, 6.07) is -23.0. The maximum absolute atomic E-state index is 11.3. The van der Waals surface area contributed by atoms with Gasteiger partial charge < -0.3 is 4.74 Å². The minimum Gasteiger partial charge on any atom is -0.458 e. The third-order valence-corrected chi connectivity index (χ3v) is 25.3. The van der Waals surface area contributed by atoms with Crippen LogP contribution in [-0.2, 0) is 5.41 Å². The number of ether oxygens (including phenoxy) is 1. The molecule has 0 amide bonds. The molecule has 17 rings (SSSR count). The molecule has 17 aromatic rings. The molecule has 0 spiro atoms. The molecule has 0 radical (unpaired) electrons. The third kappa shape index (κ3) is 11.1. The Labute approximate surface area is 652 Å². The van der Waals surface area contributed by atoms with Crippen molar-refractivity contribution < 1.29 is 68.2 Å². The number of hydrogen-bond donors (Lipinski definition) is 0. The Bertz CT molecular complexity index is 7770. The number of imidazole rings is 1. The summed E-state index contributed by atoms with van der Waals surface area (Å²) in [5.41, 5.74) is -2.28. The molecule has 0 fully saturated rings. The standard InChI is InChI=1S/C94H72N4OSi2/c1-94(2,3)72-59-60-95-92(64-72)98-88-58-55-69(68-31-11-4-12-32-68)63-87(88)86-57-56-75(66-91(86)98)99-74-36-29-35-73(65-74)96-67-97(90-54-26-25-53-89(90)96)93-84(70-33-27-49-82(61-70)100(76-37-13-5-14-38-76,77-39-15-6-16-40-77)78-41-17-7-18-42-78)51-30-52-85(93)71-34-28-50-83(62-71)101(79-43-19-8-20-44-79,80-45-21-9-22-46-80)81-47-23-10-24-48-81/h4-66H,1-3H3/i4D,5D,6D,7D,8D,9D,10D,11D,12D,13D,14D,15D,16D,17D,18D,19D,20D,21D,22D,23D,24D,27D,28D,31D,32D,33D,34D,37D,38D,39D,40D,41D,42D,43D,44D,45D,46D,47D,48D,49D,50D,61D,62D. The second-order valence-electron chi connectivity index (χ2n) is 24.0. The van der Waals surface area contributed by atoms with Crippen molar-refractivity contribution in [3.05, 3.63) is 393 Å². The normalized spacial score (nSPS) is 17.9. The maximum atomic E-state index is 11.3. The minimum atomic E-state index is -6.76. The van der Waals surface area contributed by atoms with Crippen LogP contribution in [0.4, 0.5) is 0 Å². The van der Waals surface area contributed by atoms with Crippen LogP contribution in [0.3, 0.4) is 0 Å². The highest BCUT2D eigenvalue weighted by Crippen LogP contribution is 2.40. The smallest absolute Gasteiger partial charge is 0.269 e. The van der Waals surface area contributed by atoms with E-state index in [4.69, 9.17) is 24.8 Å². The van der Waals surface area contributed by atoms with E-state index in [-0.39, 0.29) is 33.8 Å². The molecule has 0 aliphatic heterocycles. The molecule has 0 aliphatic carbocycles. The van der Waals surface area contributed by atoms with Gasteiger partial charge in [-0.2, -0.15) is 0 Å². The number of pyridine rings is 1. The van der Waals surface area contributed by atoms with E-state index in [2.05, 4.69) is 6.33 Å². The molecule has 0 saturated heterocycles. The Morgan fingerprint density at radius 1 is 0.386 bits per heavy atom. The van der Waals surface area contributed by atoms with Gasteiger partial charge in [-0.3, -0.25) is 13.7 Å². The number of benzene rings is 14. The molecular formula is C94H72N4OSi2. The van der Waals surface area contributed by atoms with Gasteiger partial charge in [0.25, 0.3) is 6.33 Å². The summed E-state index contributed by atoms with van der Waals surface area (Å²) in [6.07, 6.45) is 4.93. The van der Waals surface area contributed by atoms with Gasteiger partial charge in [0.05, 0.1) is 92.4 Å².